The monoisotopic (exact) mass is 273 g/mol. The highest BCUT2D eigenvalue weighted by atomic mass is 35.5. The van der Waals surface area contributed by atoms with Crippen molar-refractivity contribution in [2.45, 2.75) is 26.3 Å². The van der Waals surface area contributed by atoms with Crippen LogP contribution < -0.4 is 5.32 Å². The maximum absolute atomic E-state index is 6.36. The van der Waals surface area contributed by atoms with Gasteiger partial charge < -0.3 is 5.32 Å². The van der Waals surface area contributed by atoms with Gasteiger partial charge in [0.25, 0.3) is 0 Å². The fourth-order valence-corrected chi connectivity index (χ4v) is 2.68. The van der Waals surface area contributed by atoms with Crippen LogP contribution in [0.1, 0.15) is 36.6 Å². The Morgan fingerprint density at radius 1 is 0.947 bits per heavy atom. The molecule has 0 heterocycles. The summed E-state index contributed by atoms with van der Waals surface area (Å²) in [7, 11) is 0. The van der Waals surface area contributed by atoms with Crippen LogP contribution in [0.2, 0.25) is 5.02 Å². The molecular weight excluding hydrogens is 254 g/mol. The van der Waals surface area contributed by atoms with Gasteiger partial charge in [-0.15, -0.1) is 0 Å². The third kappa shape index (κ3) is 3.17. The van der Waals surface area contributed by atoms with Gasteiger partial charge in [-0.2, -0.15) is 0 Å². The van der Waals surface area contributed by atoms with Crippen LogP contribution in [0.4, 0.5) is 0 Å². The molecule has 0 bridgehead atoms. The van der Waals surface area contributed by atoms with Gasteiger partial charge in [-0.3, -0.25) is 0 Å². The number of nitrogens with one attached hydrogen (secondary N) is 1. The summed E-state index contributed by atoms with van der Waals surface area (Å²) >= 11 is 6.36. The maximum atomic E-state index is 6.36. The second-order valence-electron chi connectivity index (χ2n) is 4.56. The lowest BCUT2D eigenvalue weighted by Crippen LogP contribution is -2.23. The SMILES string of the molecule is CCNC(c1ccccc1Cl)c1ccccc1CC. The van der Waals surface area contributed by atoms with E-state index >= 15 is 0 Å². The number of rotatable bonds is 5. The van der Waals surface area contributed by atoms with Crippen molar-refractivity contribution in [3.63, 3.8) is 0 Å². The largest absolute Gasteiger partial charge is 0.306 e. The van der Waals surface area contributed by atoms with E-state index in [1.807, 2.05) is 18.2 Å². The quantitative estimate of drug-likeness (QED) is 0.839. The van der Waals surface area contributed by atoms with Gasteiger partial charge >= 0.3 is 0 Å². The van der Waals surface area contributed by atoms with Crippen LogP contribution in [-0.4, -0.2) is 6.54 Å². The van der Waals surface area contributed by atoms with Crippen LogP contribution >= 0.6 is 11.6 Å². The highest BCUT2D eigenvalue weighted by molar-refractivity contribution is 6.31. The summed E-state index contributed by atoms with van der Waals surface area (Å²) in [6.45, 7) is 5.22. The number of hydrogen-bond donors (Lipinski definition) is 1. The number of aryl methyl sites for hydroxylation is 1. The molecule has 0 saturated heterocycles. The van der Waals surface area contributed by atoms with Crippen molar-refractivity contribution in [3.8, 4) is 0 Å². The van der Waals surface area contributed by atoms with E-state index in [1.54, 1.807) is 0 Å². The van der Waals surface area contributed by atoms with Crippen LogP contribution in [0.25, 0.3) is 0 Å². The molecule has 0 fully saturated rings. The van der Waals surface area contributed by atoms with E-state index in [9.17, 15) is 0 Å². The van der Waals surface area contributed by atoms with E-state index in [-0.39, 0.29) is 6.04 Å². The van der Waals surface area contributed by atoms with E-state index in [2.05, 4.69) is 49.5 Å². The molecule has 2 aromatic rings. The van der Waals surface area contributed by atoms with E-state index in [0.29, 0.717) is 0 Å². The fourth-order valence-electron chi connectivity index (χ4n) is 2.44. The molecular formula is C17H20ClN. The molecule has 2 rings (SSSR count). The highest BCUT2D eigenvalue weighted by Crippen LogP contribution is 2.30. The summed E-state index contributed by atoms with van der Waals surface area (Å²) in [5, 5.41) is 4.37. The lowest BCUT2D eigenvalue weighted by Gasteiger charge is -2.22. The second kappa shape index (κ2) is 6.74. The van der Waals surface area contributed by atoms with E-state index in [0.717, 1.165) is 23.6 Å². The van der Waals surface area contributed by atoms with Crippen molar-refractivity contribution in [2.24, 2.45) is 0 Å². The standard InChI is InChI=1S/C17H20ClN/c1-3-13-9-5-6-10-14(13)17(19-4-2)15-11-7-8-12-16(15)18/h5-12,17,19H,3-4H2,1-2H3. The summed E-state index contributed by atoms with van der Waals surface area (Å²) < 4.78 is 0. The topological polar surface area (TPSA) is 12.0 Å². The first-order chi connectivity index (χ1) is 9.27. The molecule has 1 atom stereocenters. The molecule has 0 aliphatic heterocycles. The molecule has 0 radical (unpaired) electrons. The molecule has 100 valence electrons. The zero-order valence-electron chi connectivity index (χ0n) is 11.5. The van der Waals surface area contributed by atoms with Crippen molar-refractivity contribution >= 4 is 11.6 Å². The third-order valence-corrected chi connectivity index (χ3v) is 3.72. The van der Waals surface area contributed by atoms with Crippen molar-refractivity contribution in [2.75, 3.05) is 6.54 Å². The molecule has 0 amide bonds. The molecule has 0 aliphatic carbocycles. The van der Waals surface area contributed by atoms with E-state index in [4.69, 9.17) is 11.6 Å². The molecule has 0 saturated carbocycles. The summed E-state index contributed by atoms with van der Waals surface area (Å²) in [6, 6.07) is 16.8. The normalized spacial score (nSPS) is 12.4. The van der Waals surface area contributed by atoms with Crippen LogP contribution in [0.15, 0.2) is 48.5 Å². The minimum absolute atomic E-state index is 0.162. The first kappa shape index (κ1) is 14.1. The summed E-state index contributed by atoms with van der Waals surface area (Å²) in [5.41, 5.74) is 3.83. The Labute approximate surface area is 120 Å². The second-order valence-corrected chi connectivity index (χ2v) is 4.97. The predicted octanol–water partition coefficient (Wildman–Crippen LogP) is 4.60. The van der Waals surface area contributed by atoms with Crippen LogP contribution in [-0.2, 0) is 6.42 Å². The predicted molar refractivity (Wildman–Crippen MR) is 82.8 cm³/mol. The molecule has 0 aliphatic rings. The average molecular weight is 274 g/mol. The van der Waals surface area contributed by atoms with E-state index in [1.165, 1.54) is 11.1 Å². The smallest absolute Gasteiger partial charge is 0.0594 e. The lowest BCUT2D eigenvalue weighted by atomic mass is 9.93. The van der Waals surface area contributed by atoms with Gasteiger partial charge in [0.2, 0.25) is 0 Å². The third-order valence-electron chi connectivity index (χ3n) is 3.37. The Hall–Kier alpha value is -1.31. The first-order valence-electron chi connectivity index (χ1n) is 6.83. The van der Waals surface area contributed by atoms with Gasteiger partial charge in [-0.25, -0.2) is 0 Å². The molecule has 2 heteroatoms. The Morgan fingerprint density at radius 3 is 2.21 bits per heavy atom. The molecule has 0 spiro atoms. The van der Waals surface area contributed by atoms with Crippen LogP contribution in [0, 0.1) is 0 Å². The zero-order valence-corrected chi connectivity index (χ0v) is 12.2. The molecule has 0 aromatic heterocycles. The number of benzene rings is 2. The minimum atomic E-state index is 0.162. The van der Waals surface area contributed by atoms with Crippen molar-refractivity contribution in [3.05, 3.63) is 70.2 Å². The van der Waals surface area contributed by atoms with Gasteiger partial charge in [0.1, 0.15) is 0 Å². The number of halogens is 1. The molecule has 2 aromatic carbocycles. The maximum Gasteiger partial charge on any atom is 0.0594 e. The van der Waals surface area contributed by atoms with Crippen molar-refractivity contribution in [1.82, 2.24) is 5.32 Å². The van der Waals surface area contributed by atoms with Gasteiger partial charge in [-0.1, -0.05) is 67.9 Å². The summed E-state index contributed by atoms with van der Waals surface area (Å²) in [5.74, 6) is 0. The average Bonchev–Trinajstić information content (AvgIpc) is 2.46. The van der Waals surface area contributed by atoms with Gasteiger partial charge in [0.05, 0.1) is 6.04 Å². The molecule has 19 heavy (non-hydrogen) atoms. The first-order valence-corrected chi connectivity index (χ1v) is 7.21. The summed E-state index contributed by atoms with van der Waals surface area (Å²) in [4.78, 5) is 0. The van der Waals surface area contributed by atoms with Gasteiger partial charge in [-0.05, 0) is 35.7 Å². The van der Waals surface area contributed by atoms with Crippen LogP contribution in [0.3, 0.4) is 0 Å². The minimum Gasteiger partial charge on any atom is -0.306 e. The van der Waals surface area contributed by atoms with Gasteiger partial charge in [0, 0.05) is 5.02 Å². The Bertz CT molecular complexity index is 536. The van der Waals surface area contributed by atoms with Crippen molar-refractivity contribution in [1.29, 1.82) is 0 Å². The van der Waals surface area contributed by atoms with E-state index < -0.39 is 0 Å². The van der Waals surface area contributed by atoms with Gasteiger partial charge in [0.15, 0.2) is 0 Å². The van der Waals surface area contributed by atoms with Crippen LogP contribution in [0.5, 0.6) is 0 Å². The number of hydrogen-bond acceptors (Lipinski definition) is 1. The fraction of sp³-hybridized carbons (Fsp3) is 0.294. The molecule has 1 nitrogen and oxygen atoms in total. The highest BCUT2D eigenvalue weighted by Gasteiger charge is 2.17. The molecule has 1 N–H and O–H groups in total. The lowest BCUT2D eigenvalue weighted by molar-refractivity contribution is 0.626. The van der Waals surface area contributed by atoms with Crippen molar-refractivity contribution < 1.29 is 0 Å². The zero-order chi connectivity index (χ0) is 13.7. The Kier molecular flexibility index (Phi) is 5.00. The Balaban J connectivity index is 2.49. The Morgan fingerprint density at radius 2 is 1.58 bits per heavy atom. The molecule has 1 unspecified atom stereocenters. The summed E-state index contributed by atoms with van der Waals surface area (Å²) in [6.07, 6.45) is 1.03.